The second kappa shape index (κ2) is 9.15. The van der Waals surface area contributed by atoms with Crippen LogP contribution in [0.4, 0.5) is 0 Å². The summed E-state index contributed by atoms with van der Waals surface area (Å²) >= 11 is 7.77. The lowest BCUT2D eigenvalue weighted by Gasteiger charge is -2.21. The minimum absolute atomic E-state index is 0.136. The first-order valence-electron chi connectivity index (χ1n) is 8.79. The number of methoxy groups -OCH3 is 1. The van der Waals surface area contributed by atoms with Gasteiger partial charge in [-0.15, -0.1) is 11.8 Å². The van der Waals surface area contributed by atoms with Crippen molar-refractivity contribution < 1.29 is 19.0 Å². The zero-order valence-corrected chi connectivity index (χ0v) is 17.4. The fourth-order valence-corrected chi connectivity index (χ4v) is 4.45. The first-order chi connectivity index (χ1) is 13.0. The van der Waals surface area contributed by atoms with Gasteiger partial charge in [0.25, 0.3) is 0 Å². The smallest absolute Gasteiger partial charge is 0.189 e. The van der Waals surface area contributed by atoms with Crippen molar-refractivity contribution in [2.75, 3.05) is 26.3 Å². The fourth-order valence-electron chi connectivity index (χ4n) is 3.31. The van der Waals surface area contributed by atoms with Crippen molar-refractivity contribution in [3.05, 3.63) is 51.3 Å². The highest BCUT2D eigenvalue weighted by Gasteiger charge is 2.18. The number of nitrogens with zero attached hydrogens (tertiary/aromatic N) is 1. The summed E-state index contributed by atoms with van der Waals surface area (Å²) < 4.78 is 18.2. The lowest BCUT2D eigenvalue weighted by Crippen LogP contribution is -2.13. The molecule has 0 saturated heterocycles. The average Bonchev–Trinajstić information content (AvgIpc) is 2.93. The lowest BCUT2D eigenvalue weighted by molar-refractivity contribution is -0.0168. The number of aromatic nitrogens is 1. The van der Waals surface area contributed by atoms with Crippen LogP contribution in [0.3, 0.4) is 0 Å². The van der Waals surface area contributed by atoms with Gasteiger partial charge in [-0.25, -0.2) is 0 Å². The number of halogens is 1. The predicted octanol–water partition coefficient (Wildman–Crippen LogP) is 4.39. The molecule has 0 aliphatic carbocycles. The first kappa shape index (κ1) is 20.3. The molecule has 7 heteroatoms. The number of ether oxygens (including phenoxy) is 3. The Hall–Kier alpha value is -1.47. The molecule has 0 saturated carbocycles. The minimum atomic E-state index is 0.136. The van der Waals surface area contributed by atoms with Crippen LogP contribution in [0.2, 0.25) is 5.02 Å². The molecular weight excluding hydrogens is 386 g/mol. The molecule has 0 unspecified atom stereocenters. The van der Waals surface area contributed by atoms with Crippen LogP contribution in [0.15, 0.2) is 18.2 Å². The highest BCUT2D eigenvalue weighted by Crippen LogP contribution is 2.34. The number of hydrogen-bond donors (Lipinski definition) is 0. The SMILES string of the molecule is COCCn1c(C)cc(C(=O)CSCc2cc(Cl)cc3c2OCOC3)c1C. The van der Waals surface area contributed by atoms with E-state index in [0.717, 1.165) is 40.4 Å². The summed E-state index contributed by atoms with van der Waals surface area (Å²) in [7, 11) is 1.68. The monoisotopic (exact) mass is 409 g/mol. The number of hydrogen-bond acceptors (Lipinski definition) is 5. The molecule has 3 rings (SSSR count). The molecule has 1 aromatic heterocycles. The summed E-state index contributed by atoms with van der Waals surface area (Å²) in [6, 6.07) is 5.74. The molecule has 1 aromatic carbocycles. The van der Waals surface area contributed by atoms with Crippen molar-refractivity contribution in [2.45, 2.75) is 32.8 Å². The van der Waals surface area contributed by atoms with Gasteiger partial charge in [0.15, 0.2) is 12.6 Å². The molecule has 0 bridgehead atoms. The van der Waals surface area contributed by atoms with Crippen LogP contribution in [0, 0.1) is 13.8 Å². The van der Waals surface area contributed by atoms with E-state index in [1.54, 1.807) is 18.9 Å². The quantitative estimate of drug-likeness (QED) is 0.605. The summed E-state index contributed by atoms with van der Waals surface area (Å²) in [5, 5.41) is 0.659. The highest BCUT2D eigenvalue weighted by atomic mass is 35.5. The van der Waals surface area contributed by atoms with Crippen molar-refractivity contribution in [3.63, 3.8) is 0 Å². The van der Waals surface area contributed by atoms with Crippen molar-refractivity contribution >= 4 is 29.1 Å². The Bertz CT molecular complexity index is 834. The van der Waals surface area contributed by atoms with Crippen LogP contribution in [0.25, 0.3) is 0 Å². The predicted molar refractivity (Wildman–Crippen MR) is 108 cm³/mol. The van der Waals surface area contributed by atoms with Gasteiger partial charge in [0.2, 0.25) is 0 Å². The summed E-state index contributed by atoms with van der Waals surface area (Å²) in [6.45, 7) is 6.13. The van der Waals surface area contributed by atoms with Gasteiger partial charge in [-0.2, -0.15) is 0 Å². The Morgan fingerprint density at radius 1 is 1.33 bits per heavy atom. The Morgan fingerprint density at radius 3 is 2.93 bits per heavy atom. The normalized spacial score (nSPS) is 13.3. The van der Waals surface area contributed by atoms with E-state index in [0.29, 0.717) is 29.7 Å². The number of rotatable bonds is 8. The van der Waals surface area contributed by atoms with Crippen molar-refractivity contribution in [1.82, 2.24) is 4.57 Å². The second-order valence-electron chi connectivity index (χ2n) is 6.51. The summed E-state index contributed by atoms with van der Waals surface area (Å²) in [6.07, 6.45) is 0. The topological polar surface area (TPSA) is 49.7 Å². The van der Waals surface area contributed by atoms with Gasteiger partial charge in [0.1, 0.15) is 5.75 Å². The van der Waals surface area contributed by atoms with Gasteiger partial charge >= 0.3 is 0 Å². The molecule has 0 spiro atoms. The third kappa shape index (κ3) is 4.69. The van der Waals surface area contributed by atoms with Gasteiger partial charge in [0, 0.05) is 52.5 Å². The van der Waals surface area contributed by atoms with Gasteiger partial charge < -0.3 is 18.8 Å². The molecule has 146 valence electrons. The maximum Gasteiger partial charge on any atom is 0.189 e. The van der Waals surface area contributed by atoms with Gasteiger partial charge in [-0.05, 0) is 32.0 Å². The largest absolute Gasteiger partial charge is 0.467 e. The zero-order valence-electron chi connectivity index (χ0n) is 15.8. The van der Waals surface area contributed by atoms with Crippen LogP contribution < -0.4 is 4.74 Å². The molecule has 0 amide bonds. The summed E-state index contributed by atoms with van der Waals surface area (Å²) in [5.41, 5.74) is 4.82. The average molecular weight is 410 g/mol. The van der Waals surface area contributed by atoms with E-state index in [-0.39, 0.29) is 12.6 Å². The zero-order chi connectivity index (χ0) is 19.4. The van der Waals surface area contributed by atoms with E-state index < -0.39 is 0 Å². The third-order valence-corrected chi connectivity index (χ3v) is 5.84. The van der Waals surface area contributed by atoms with Crippen LogP contribution >= 0.6 is 23.4 Å². The van der Waals surface area contributed by atoms with Crippen LogP contribution in [0.1, 0.15) is 32.9 Å². The maximum atomic E-state index is 12.7. The molecule has 0 atom stereocenters. The Kier molecular flexibility index (Phi) is 6.87. The van der Waals surface area contributed by atoms with Gasteiger partial charge in [-0.3, -0.25) is 4.79 Å². The molecule has 2 heterocycles. The molecule has 2 aromatic rings. The number of ketones is 1. The Balaban J connectivity index is 1.65. The second-order valence-corrected chi connectivity index (χ2v) is 7.93. The van der Waals surface area contributed by atoms with Crippen LogP contribution in [-0.2, 0) is 28.4 Å². The first-order valence-corrected chi connectivity index (χ1v) is 10.3. The van der Waals surface area contributed by atoms with E-state index >= 15 is 0 Å². The van der Waals surface area contributed by atoms with E-state index in [1.165, 1.54) is 0 Å². The van der Waals surface area contributed by atoms with Crippen LogP contribution in [0.5, 0.6) is 5.75 Å². The van der Waals surface area contributed by atoms with Crippen LogP contribution in [-0.4, -0.2) is 36.6 Å². The number of aryl methyl sites for hydroxylation is 1. The third-order valence-electron chi connectivity index (χ3n) is 4.64. The number of Topliss-reactive ketones (excluding diaryl/α,β-unsaturated/α-hetero) is 1. The van der Waals surface area contributed by atoms with E-state index in [9.17, 15) is 4.79 Å². The molecule has 5 nitrogen and oxygen atoms in total. The van der Waals surface area contributed by atoms with Crippen molar-refractivity contribution in [1.29, 1.82) is 0 Å². The Labute approximate surface area is 168 Å². The fraction of sp³-hybridized carbons (Fsp3) is 0.450. The van der Waals surface area contributed by atoms with Gasteiger partial charge in [-0.1, -0.05) is 11.6 Å². The highest BCUT2D eigenvalue weighted by molar-refractivity contribution is 7.99. The molecule has 0 fully saturated rings. The minimum Gasteiger partial charge on any atom is -0.467 e. The number of carbonyl (C=O) groups is 1. The lowest BCUT2D eigenvalue weighted by atomic mass is 10.1. The number of benzene rings is 1. The molecular formula is C20H24ClNO4S. The maximum absolute atomic E-state index is 12.7. The van der Waals surface area contributed by atoms with E-state index in [1.807, 2.05) is 32.0 Å². The number of fused-ring (bicyclic) bond motifs is 1. The molecule has 1 aliphatic heterocycles. The van der Waals surface area contributed by atoms with Crippen molar-refractivity contribution in [2.24, 2.45) is 0 Å². The molecule has 27 heavy (non-hydrogen) atoms. The molecule has 0 radical (unpaired) electrons. The standard InChI is InChI=1S/C20H24ClNO4S/c1-13-6-18(14(2)22(13)4-5-24-3)19(23)11-27-10-16-8-17(21)7-15-9-25-12-26-20(15)16/h6-8H,4-5,9-12H2,1-3H3. The number of carbonyl (C=O) groups excluding carboxylic acids is 1. The molecule has 0 N–H and O–H groups in total. The number of thioether (sulfide) groups is 1. The molecule has 1 aliphatic rings. The van der Waals surface area contributed by atoms with Crippen molar-refractivity contribution in [3.8, 4) is 5.75 Å². The summed E-state index contributed by atoms with van der Waals surface area (Å²) in [4.78, 5) is 12.7. The van der Waals surface area contributed by atoms with E-state index in [4.69, 9.17) is 25.8 Å². The van der Waals surface area contributed by atoms with E-state index in [2.05, 4.69) is 4.57 Å². The van der Waals surface area contributed by atoms with Gasteiger partial charge in [0.05, 0.1) is 19.0 Å². The summed E-state index contributed by atoms with van der Waals surface area (Å²) in [5.74, 6) is 2.05. The Morgan fingerprint density at radius 2 is 2.15 bits per heavy atom.